The van der Waals surface area contributed by atoms with E-state index in [0.29, 0.717) is 33.5 Å². The van der Waals surface area contributed by atoms with Crippen molar-refractivity contribution in [3.63, 3.8) is 0 Å². The Morgan fingerprint density at radius 2 is 1.77 bits per heavy atom. The molecule has 2 N–H and O–H groups in total. The summed E-state index contributed by atoms with van der Waals surface area (Å²) in [5.74, 6) is 0.747. The average Bonchev–Trinajstić information content (AvgIpc) is 2.83. The first-order chi connectivity index (χ1) is 14.3. The molecule has 0 spiro atoms. The summed E-state index contributed by atoms with van der Waals surface area (Å²) in [6, 6.07) is 16.2. The Hall–Kier alpha value is -3.23. The van der Waals surface area contributed by atoms with Crippen molar-refractivity contribution >= 4 is 38.9 Å². The SMILES string of the molecule is COc1ccc(CS(=O)(=O)Nc2ccc3c(c2)C(=O)Nc2cc(Cl)ccc2O3)cc1. The number of methoxy groups -OCH3 is 1. The highest BCUT2D eigenvalue weighted by Crippen LogP contribution is 2.38. The number of amides is 1. The molecule has 0 atom stereocenters. The number of halogens is 1. The van der Waals surface area contributed by atoms with Gasteiger partial charge in [0.2, 0.25) is 10.0 Å². The highest BCUT2D eigenvalue weighted by molar-refractivity contribution is 7.91. The summed E-state index contributed by atoms with van der Waals surface area (Å²) in [4.78, 5) is 12.6. The summed E-state index contributed by atoms with van der Waals surface area (Å²) in [6.07, 6.45) is 0. The van der Waals surface area contributed by atoms with Crippen LogP contribution in [-0.4, -0.2) is 21.4 Å². The lowest BCUT2D eigenvalue weighted by Crippen LogP contribution is -2.16. The van der Waals surface area contributed by atoms with Gasteiger partial charge in [-0.1, -0.05) is 23.7 Å². The first-order valence-corrected chi connectivity index (χ1v) is 10.9. The Labute approximate surface area is 178 Å². The van der Waals surface area contributed by atoms with Gasteiger partial charge in [0.1, 0.15) is 11.5 Å². The minimum atomic E-state index is -3.70. The smallest absolute Gasteiger partial charge is 0.259 e. The Morgan fingerprint density at radius 3 is 2.50 bits per heavy atom. The topological polar surface area (TPSA) is 93.7 Å². The Bertz CT molecular complexity index is 1230. The lowest BCUT2D eigenvalue weighted by atomic mass is 10.1. The van der Waals surface area contributed by atoms with Crippen molar-refractivity contribution in [3.05, 3.63) is 76.8 Å². The largest absolute Gasteiger partial charge is 0.497 e. The Kier molecular flexibility index (Phi) is 5.27. The van der Waals surface area contributed by atoms with Gasteiger partial charge in [0, 0.05) is 10.7 Å². The van der Waals surface area contributed by atoms with Gasteiger partial charge in [0.05, 0.1) is 24.1 Å². The van der Waals surface area contributed by atoms with E-state index < -0.39 is 15.9 Å². The van der Waals surface area contributed by atoms with Crippen molar-refractivity contribution < 1.29 is 22.7 Å². The van der Waals surface area contributed by atoms with E-state index in [4.69, 9.17) is 21.1 Å². The predicted octanol–water partition coefficient (Wildman–Crippen LogP) is 4.65. The van der Waals surface area contributed by atoms with Crippen LogP contribution in [-0.2, 0) is 15.8 Å². The van der Waals surface area contributed by atoms with Crippen LogP contribution in [0.3, 0.4) is 0 Å². The molecule has 0 unspecified atom stereocenters. The molecule has 0 radical (unpaired) electrons. The second kappa shape index (κ2) is 7.89. The van der Waals surface area contributed by atoms with E-state index in [2.05, 4.69) is 10.0 Å². The standard InChI is InChI=1S/C21H17ClN2O5S/c1-28-16-6-2-13(3-7-16)12-30(26,27)24-15-5-9-19-17(11-15)21(25)23-18-10-14(22)4-8-20(18)29-19/h2-11,24H,12H2,1H3,(H,23,25). The number of sulfonamides is 1. The summed E-state index contributed by atoms with van der Waals surface area (Å²) < 4.78 is 38.5. The quantitative estimate of drug-likeness (QED) is 0.597. The van der Waals surface area contributed by atoms with Gasteiger partial charge in [-0.05, 0) is 54.1 Å². The van der Waals surface area contributed by atoms with Crippen LogP contribution >= 0.6 is 11.6 Å². The second-order valence-corrected chi connectivity index (χ2v) is 8.78. The molecular weight excluding hydrogens is 428 g/mol. The van der Waals surface area contributed by atoms with E-state index in [1.807, 2.05) is 0 Å². The number of nitrogens with one attached hydrogen (secondary N) is 2. The van der Waals surface area contributed by atoms with Gasteiger partial charge >= 0.3 is 0 Å². The molecule has 4 rings (SSSR count). The second-order valence-electron chi connectivity index (χ2n) is 6.62. The molecule has 7 nitrogen and oxygen atoms in total. The van der Waals surface area contributed by atoms with E-state index in [1.54, 1.807) is 61.7 Å². The monoisotopic (exact) mass is 444 g/mol. The molecule has 0 aliphatic carbocycles. The van der Waals surface area contributed by atoms with Crippen LogP contribution in [0.5, 0.6) is 17.2 Å². The predicted molar refractivity (Wildman–Crippen MR) is 115 cm³/mol. The van der Waals surface area contributed by atoms with Crippen molar-refractivity contribution in [2.45, 2.75) is 5.75 Å². The number of anilines is 2. The number of hydrogen-bond acceptors (Lipinski definition) is 5. The lowest BCUT2D eigenvalue weighted by molar-refractivity contribution is 0.102. The summed E-state index contributed by atoms with van der Waals surface area (Å²) in [6.45, 7) is 0. The molecule has 1 amide bonds. The van der Waals surface area contributed by atoms with Crippen molar-refractivity contribution in [3.8, 4) is 17.2 Å². The Morgan fingerprint density at radius 1 is 1.03 bits per heavy atom. The third kappa shape index (κ3) is 4.34. The van der Waals surface area contributed by atoms with Gasteiger partial charge in [-0.2, -0.15) is 0 Å². The molecule has 0 saturated carbocycles. The minimum Gasteiger partial charge on any atom is -0.497 e. The molecule has 9 heteroatoms. The van der Waals surface area contributed by atoms with E-state index in [-0.39, 0.29) is 17.0 Å². The normalized spacial score (nSPS) is 12.7. The number of fused-ring (bicyclic) bond motifs is 2. The van der Waals surface area contributed by atoms with Crippen LogP contribution in [0, 0.1) is 0 Å². The zero-order valence-electron chi connectivity index (χ0n) is 15.8. The first kappa shape index (κ1) is 20.1. The molecule has 0 aromatic heterocycles. The molecule has 0 fully saturated rings. The molecule has 30 heavy (non-hydrogen) atoms. The Balaban J connectivity index is 1.56. The van der Waals surface area contributed by atoms with Crippen LogP contribution in [0.1, 0.15) is 15.9 Å². The maximum atomic E-state index is 12.6. The van der Waals surface area contributed by atoms with Crippen molar-refractivity contribution in [1.29, 1.82) is 0 Å². The van der Waals surface area contributed by atoms with Crippen LogP contribution in [0.4, 0.5) is 11.4 Å². The number of carbonyl (C=O) groups excluding carboxylic acids is 1. The molecule has 0 bridgehead atoms. The van der Waals surface area contributed by atoms with Crippen LogP contribution < -0.4 is 19.5 Å². The van der Waals surface area contributed by atoms with Crippen LogP contribution in [0.2, 0.25) is 5.02 Å². The number of rotatable bonds is 5. The number of hydrogen-bond donors (Lipinski definition) is 2. The number of carbonyl (C=O) groups is 1. The summed E-state index contributed by atoms with van der Waals surface area (Å²) in [5, 5.41) is 3.18. The van der Waals surface area contributed by atoms with Gasteiger partial charge in [-0.25, -0.2) is 8.42 Å². The van der Waals surface area contributed by atoms with E-state index in [1.165, 1.54) is 6.07 Å². The molecule has 3 aromatic carbocycles. The molecular formula is C21H17ClN2O5S. The van der Waals surface area contributed by atoms with Gasteiger partial charge < -0.3 is 14.8 Å². The number of ether oxygens (including phenoxy) is 2. The molecule has 1 aliphatic rings. The maximum Gasteiger partial charge on any atom is 0.259 e. The average molecular weight is 445 g/mol. The molecule has 0 saturated heterocycles. The van der Waals surface area contributed by atoms with Gasteiger partial charge in [-0.3, -0.25) is 9.52 Å². The fourth-order valence-corrected chi connectivity index (χ4v) is 4.38. The summed E-state index contributed by atoms with van der Waals surface area (Å²) in [7, 11) is -2.16. The maximum absolute atomic E-state index is 12.6. The third-order valence-corrected chi connectivity index (χ3v) is 5.92. The van der Waals surface area contributed by atoms with E-state index >= 15 is 0 Å². The van der Waals surface area contributed by atoms with E-state index in [0.717, 1.165) is 0 Å². The van der Waals surface area contributed by atoms with Gasteiger partial charge in [0.25, 0.3) is 5.91 Å². The van der Waals surface area contributed by atoms with Gasteiger partial charge in [-0.15, -0.1) is 0 Å². The molecule has 3 aromatic rings. The minimum absolute atomic E-state index is 0.201. The highest BCUT2D eigenvalue weighted by atomic mass is 35.5. The summed E-state index contributed by atoms with van der Waals surface area (Å²) >= 11 is 5.98. The third-order valence-electron chi connectivity index (χ3n) is 4.42. The molecule has 154 valence electrons. The fourth-order valence-electron chi connectivity index (χ4n) is 3.01. The lowest BCUT2D eigenvalue weighted by Gasteiger charge is -2.11. The fraction of sp³-hybridized carbons (Fsp3) is 0.0952. The van der Waals surface area contributed by atoms with E-state index in [9.17, 15) is 13.2 Å². The highest BCUT2D eigenvalue weighted by Gasteiger charge is 2.22. The summed E-state index contributed by atoms with van der Waals surface area (Å²) in [5.41, 5.74) is 1.49. The van der Waals surface area contributed by atoms with Crippen LogP contribution in [0.15, 0.2) is 60.7 Å². The number of benzene rings is 3. The molecule has 1 aliphatic heterocycles. The zero-order valence-corrected chi connectivity index (χ0v) is 17.4. The zero-order chi connectivity index (χ0) is 21.3. The molecule has 1 heterocycles. The van der Waals surface area contributed by atoms with Gasteiger partial charge in [0.15, 0.2) is 5.75 Å². The van der Waals surface area contributed by atoms with Crippen molar-refractivity contribution in [2.24, 2.45) is 0 Å². The van der Waals surface area contributed by atoms with Crippen LogP contribution in [0.25, 0.3) is 0 Å². The van der Waals surface area contributed by atoms with Crippen molar-refractivity contribution in [1.82, 2.24) is 0 Å². The first-order valence-electron chi connectivity index (χ1n) is 8.89. The van der Waals surface area contributed by atoms with Crippen molar-refractivity contribution in [2.75, 3.05) is 17.1 Å².